The molecule has 0 heterocycles. The number of carbonyl (C=O) groups is 1. The number of carbonyl (C=O) groups excluding carboxylic acids is 1. The minimum atomic E-state index is -3.35. The first-order chi connectivity index (χ1) is 10.2. The van der Waals surface area contributed by atoms with Crippen molar-refractivity contribution < 1.29 is 13.2 Å². The fourth-order valence-corrected chi connectivity index (χ4v) is 2.61. The SMILES string of the molecule is Cc1cc(C(=O)Nc2ccc(Cl)cc2)ccc1NS(C)(=O)=O. The number of aryl methyl sites for hydroxylation is 1. The van der Waals surface area contributed by atoms with Crippen LogP contribution in [0.15, 0.2) is 42.5 Å². The zero-order valence-corrected chi connectivity index (χ0v) is 13.6. The van der Waals surface area contributed by atoms with E-state index in [0.29, 0.717) is 27.5 Å². The summed E-state index contributed by atoms with van der Waals surface area (Å²) in [5.41, 5.74) is 2.18. The first kappa shape index (κ1) is 16.3. The van der Waals surface area contributed by atoms with Gasteiger partial charge in [-0.05, 0) is 55.0 Å². The van der Waals surface area contributed by atoms with Crippen LogP contribution in [-0.4, -0.2) is 20.6 Å². The lowest BCUT2D eigenvalue weighted by molar-refractivity contribution is 0.102. The van der Waals surface area contributed by atoms with E-state index in [1.54, 1.807) is 49.4 Å². The Morgan fingerprint density at radius 3 is 2.27 bits per heavy atom. The Labute approximate surface area is 134 Å². The van der Waals surface area contributed by atoms with Gasteiger partial charge in [0.15, 0.2) is 0 Å². The van der Waals surface area contributed by atoms with Gasteiger partial charge in [0.05, 0.1) is 11.9 Å². The van der Waals surface area contributed by atoms with E-state index in [1.165, 1.54) is 0 Å². The van der Waals surface area contributed by atoms with Crippen molar-refractivity contribution in [2.45, 2.75) is 6.92 Å². The van der Waals surface area contributed by atoms with Gasteiger partial charge in [0.1, 0.15) is 0 Å². The predicted octanol–water partition coefficient (Wildman–Crippen LogP) is 3.27. The Balaban J connectivity index is 2.17. The maximum atomic E-state index is 12.2. The third-order valence-electron chi connectivity index (χ3n) is 2.89. The average Bonchev–Trinajstić information content (AvgIpc) is 2.42. The molecule has 2 rings (SSSR count). The molecule has 0 atom stereocenters. The molecule has 7 heteroatoms. The van der Waals surface area contributed by atoms with Crippen molar-refractivity contribution in [2.75, 3.05) is 16.3 Å². The number of rotatable bonds is 4. The van der Waals surface area contributed by atoms with Gasteiger partial charge in [-0.15, -0.1) is 0 Å². The van der Waals surface area contributed by atoms with Crippen LogP contribution in [0, 0.1) is 6.92 Å². The average molecular weight is 339 g/mol. The van der Waals surface area contributed by atoms with Crippen molar-refractivity contribution in [1.29, 1.82) is 0 Å². The van der Waals surface area contributed by atoms with Crippen LogP contribution in [0.5, 0.6) is 0 Å². The van der Waals surface area contributed by atoms with E-state index >= 15 is 0 Å². The Hall–Kier alpha value is -2.05. The Kier molecular flexibility index (Phi) is 4.73. The summed E-state index contributed by atoms with van der Waals surface area (Å²) in [5, 5.41) is 3.33. The Morgan fingerprint density at radius 1 is 1.09 bits per heavy atom. The van der Waals surface area contributed by atoms with Crippen LogP contribution in [-0.2, 0) is 10.0 Å². The lowest BCUT2D eigenvalue weighted by atomic mass is 10.1. The molecule has 22 heavy (non-hydrogen) atoms. The topological polar surface area (TPSA) is 75.3 Å². The molecule has 0 aliphatic heterocycles. The van der Waals surface area contributed by atoms with Crippen molar-refractivity contribution >= 4 is 38.9 Å². The Bertz CT molecular complexity index is 802. The number of benzene rings is 2. The minimum absolute atomic E-state index is 0.281. The molecule has 0 bridgehead atoms. The van der Waals surface area contributed by atoms with Gasteiger partial charge in [0.25, 0.3) is 5.91 Å². The first-order valence-electron chi connectivity index (χ1n) is 6.40. The molecule has 1 amide bonds. The minimum Gasteiger partial charge on any atom is -0.322 e. The number of halogens is 1. The van der Waals surface area contributed by atoms with E-state index in [-0.39, 0.29) is 5.91 Å². The van der Waals surface area contributed by atoms with E-state index < -0.39 is 10.0 Å². The predicted molar refractivity (Wildman–Crippen MR) is 89.1 cm³/mol. The van der Waals surface area contributed by atoms with Crippen molar-refractivity contribution in [3.05, 3.63) is 58.6 Å². The standard InChI is InChI=1S/C15H15ClN2O3S/c1-10-9-11(3-8-14(10)18-22(2,20)21)15(19)17-13-6-4-12(16)5-7-13/h3-9,18H,1-2H3,(H,17,19). The van der Waals surface area contributed by atoms with Crippen LogP contribution < -0.4 is 10.0 Å². The smallest absolute Gasteiger partial charge is 0.255 e. The zero-order valence-electron chi connectivity index (χ0n) is 12.1. The highest BCUT2D eigenvalue weighted by atomic mass is 35.5. The fraction of sp³-hybridized carbons (Fsp3) is 0.133. The maximum Gasteiger partial charge on any atom is 0.255 e. The van der Waals surface area contributed by atoms with Gasteiger partial charge in [-0.2, -0.15) is 0 Å². The van der Waals surface area contributed by atoms with Crippen LogP contribution in [0.1, 0.15) is 15.9 Å². The molecule has 116 valence electrons. The van der Waals surface area contributed by atoms with E-state index in [4.69, 9.17) is 11.6 Å². The summed E-state index contributed by atoms with van der Waals surface area (Å²) in [7, 11) is -3.35. The number of hydrogen-bond donors (Lipinski definition) is 2. The lowest BCUT2D eigenvalue weighted by Gasteiger charge is -2.10. The molecule has 2 aromatic carbocycles. The summed E-state index contributed by atoms with van der Waals surface area (Å²) >= 11 is 5.79. The lowest BCUT2D eigenvalue weighted by Crippen LogP contribution is -2.14. The molecule has 0 aliphatic carbocycles. The van der Waals surface area contributed by atoms with Crippen LogP contribution >= 0.6 is 11.6 Å². The monoisotopic (exact) mass is 338 g/mol. The number of anilines is 2. The second kappa shape index (κ2) is 6.37. The van der Waals surface area contributed by atoms with Crippen LogP contribution in [0.4, 0.5) is 11.4 Å². The summed E-state index contributed by atoms with van der Waals surface area (Å²) in [5.74, 6) is -0.281. The maximum absolute atomic E-state index is 12.2. The number of sulfonamides is 1. The molecule has 0 radical (unpaired) electrons. The van der Waals surface area contributed by atoms with Gasteiger partial charge in [-0.1, -0.05) is 11.6 Å². The van der Waals surface area contributed by atoms with Crippen LogP contribution in [0.25, 0.3) is 0 Å². The molecule has 0 aliphatic rings. The van der Waals surface area contributed by atoms with Gasteiger partial charge in [0, 0.05) is 16.3 Å². The van der Waals surface area contributed by atoms with Gasteiger partial charge >= 0.3 is 0 Å². The summed E-state index contributed by atoms with van der Waals surface area (Å²) in [6.07, 6.45) is 1.08. The zero-order chi connectivity index (χ0) is 16.3. The normalized spacial score (nSPS) is 11.0. The highest BCUT2D eigenvalue weighted by Gasteiger charge is 2.10. The molecule has 0 unspecified atom stereocenters. The van der Waals surface area contributed by atoms with E-state index in [1.807, 2.05) is 0 Å². The molecule has 0 saturated carbocycles. The Morgan fingerprint density at radius 2 is 1.73 bits per heavy atom. The highest BCUT2D eigenvalue weighted by Crippen LogP contribution is 2.19. The molecular formula is C15H15ClN2O3S. The summed E-state index contributed by atoms with van der Waals surface area (Å²) in [6, 6.07) is 11.5. The van der Waals surface area contributed by atoms with Gasteiger partial charge < -0.3 is 5.32 Å². The fourth-order valence-electron chi connectivity index (χ4n) is 1.86. The third-order valence-corrected chi connectivity index (χ3v) is 3.73. The number of nitrogens with one attached hydrogen (secondary N) is 2. The quantitative estimate of drug-likeness (QED) is 0.898. The van der Waals surface area contributed by atoms with E-state index in [0.717, 1.165) is 6.26 Å². The summed E-state index contributed by atoms with van der Waals surface area (Å²) in [6.45, 7) is 1.73. The van der Waals surface area contributed by atoms with E-state index in [9.17, 15) is 13.2 Å². The third kappa shape index (κ3) is 4.47. The first-order valence-corrected chi connectivity index (χ1v) is 8.67. The van der Waals surface area contributed by atoms with Gasteiger partial charge in [0.2, 0.25) is 10.0 Å². The number of hydrogen-bond acceptors (Lipinski definition) is 3. The molecule has 0 aromatic heterocycles. The molecule has 5 nitrogen and oxygen atoms in total. The van der Waals surface area contributed by atoms with Crippen LogP contribution in [0.2, 0.25) is 5.02 Å². The van der Waals surface area contributed by atoms with E-state index in [2.05, 4.69) is 10.0 Å². The molecule has 0 fully saturated rings. The summed E-state index contributed by atoms with van der Waals surface area (Å²) < 4.78 is 24.9. The summed E-state index contributed by atoms with van der Waals surface area (Å²) in [4.78, 5) is 12.2. The molecule has 0 saturated heterocycles. The molecule has 2 N–H and O–H groups in total. The molecule has 0 spiro atoms. The van der Waals surface area contributed by atoms with Gasteiger partial charge in [-0.3, -0.25) is 9.52 Å². The molecule has 2 aromatic rings. The van der Waals surface area contributed by atoms with Crippen LogP contribution in [0.3, 0.4) is 0 Å². The van der Waals surface area contributed by atoms with Gasteiger partial charge in [-0.25, -0.2) is 8.42 Å². The number of amides is 1. The van der Waals surface area contributed by atoms with Crippen molar-refractivity contribution in [2.24, 2.45) is 0 Å². The second-order valence-corrected chi connectivity index (χ2v) is 7.05. The second-order valence-electron chi connectivity index (χ2n) is 4.86. The molecular weight excluding hydrogens is 324 g/mol. The van der Waals surface area contributed by atoms with Crippen molar-refractivity contribution in [1.82, 2.24) is 0 Å². The van der Waals surface area contributed by atoms with Crippen molar-refractivity contribution in [3.8, 4) is 0 Å². The van der Waals surface area contributed by atoms with Crippen molar-refractivity contribution in [3.63, 3.8) is 0 Å². The largest absolute Gasteiger partial charge is 0.322 e. The highest BCUT2D eigenvalue weighted by molar-refractivity contribution is 7.92.